The Morgan fingerprint density at radius 3 is 2.45 bits per heavy atom. The minimum Gasteiger partial charge on any atom is -0.545 e. The standard InChI is InChI=1S/C17H16O5/c1-20-11-15(17(18)19)14-8-3-4-9-16(14)22-13-7-5-6-12(10-13)21-2/h3-11H,1-2H3,(H,18,19)/p-1/b15-11-. The van der Waals surface area contributed by atoms with E-state index < -0.39 is 5.97 Å². The highest BCUT2D eigenvalue weighted by Gasteiger charge is 2.11. The van der Waals surface area contributed by atoms with Crippen molar-refractivity contribution >= 4 is 11.5 Å². The molecule has 0 fully saturated rings. The SMILES string of the molecule is CO/C=C(\C(=O)[O-])c1ccccc1Oc1cccc(OC)c1. The average molecular weight is 299 g/mol. The number of aliphatic carboxylic acids is 1. The molecule has 22 heavy (non-hydrogen) atoms. The maximum absolute atomic E-state index is 11.3. The van der Waals surface area contributed by atoms with Gasteiger partial charge >= 0.3 is 0 Å². The van der Waals surface area contributed by atoms with Gasteiger partial charge in [-0.15, -0.1) is 0 Å². The van der Waals surface area contributed by atoms with E-state index in [-0.39, 0.29) is 5.57 Å². The summed E-state index contributed by atoms with van der Waals surface area (Å²) in [6.07, 6.45) is 1.11. The first kappa shape index (κ1) is 15.4. The van der Waals surface area contributed by atoms with Crippen LogP contribution in [0, 0.1) is 0 Å². The minimum absolute atomic E-state index is 0.0963. The Morgan fingerprint density at radius 1 is 1.05 bits per heavy atom. The van der Waals surface area contributed by atoms with E-state index in [1.54, 1.807) is 55.6 Å². The van der Waals surface area contributed by atoms with Crippen molar-refractivity contribution in [3.63, 3.8) is 0 Å². The van der Waals surface area contributed by atoms with Gasteiger partial charge < -0.3 is 24.1 Å². The van der Waals surface area contributed by atoms with Gasteiger partial charge in [0.05, 0.1) is 26.5 Å². The average Bonchev–Trinajstić information content (AvgIpc) is 2.53. The maximum atomic E-state index is 11.3. The molecule has 5 heteroatoms. The molecule has 0 atom stereocenters. The highest BCUT2D eigenvalue weighted by atomic mass is 16.5. The van der Waals surface area contributed by atoms with Crippen molar-refractivity contribution < 1.29 is 24.1 Å². The Labute approximate surface area is 128 Å². The van der Waals surface area contributed by atoms with Gasteiger partial charge in [0.25, 0.3) is 0 Å². The molecule has 0 aliphatic carbocycles. The number of carbonyl (C=O) groups is 1. The van der Waals surface area contributed by atoms with Gasteiger partial charge in [0, 0.05) is 17.2 Å². The van der Waals surface area contributed by atoms with Gasteiger partial charge in [-0.2, -0.15) is 0 Å². The number of ether oxygens (including phenoxy) is 3. The van der Waals surface area contributed by atoms with Gasteiger partial charge in [-0.1, -0.05) is 24.3 Å². The van der Waals surface area contributed by atoms with Crippen molar-refractivity contribution in [3.05, 3.63) is 60.4 Å². The highest BCUT2D eigenvalue weighted by Crippen LogP contribution is 2.31. The quantitative estimate of drug-likeness (QED) is 0.604. The van der Waals surface area contributed by atoms with Gasteiger partial charge in [0.1, 0.15) is 17.2 Å². The molecule has 0 spiro atoms. The molecule has 0 heterocycles. The van der Waals surface area contributed by atoms with Crippen LogP contribution in [0.25, 0.3) is 5.57 Å². The molecule has 0 bridgehead atoms. The van der Waals surface area contributed by atoms with Crippen LogP contribution in [0.15, 0.2) is 54.8 Å². The smallest absolute Gasteiger partial charge is 0.135 e. The topological polar surface area (TPSA) is 67.8 Å². The first-order valence-electron chi connectivity index (χ1n) is 6.51. The molecule has 2 rings (SSSR count). The van der Waals surface area contributed by atoms with Crippen LogP contribution in [-0.2, 0) is 9.53 Å². The van der Waals surface area contributed by atoms with Gasteiger partial charge in [-0.25, -0.2) is 0 Å². The van der Waals surface area contributed by atoms with Crippen LogP contribution in [0.1, 0.15) is 5.56 Å². The van der Waals surface area contributed by atoms with Gasteiger partial charge in [-0.3, -0.25) is 0 Å². The summed E-state index contributed by atoms with van der Waals surface area (Å²) >= 11 is 0. The van der Waals surface area contributed by atoms with Crippen LogP contribution in [0.3, 0.4) is 0 Å². The Balaban J connectivity index is 2.39. The van der Waals surface area contributed by atoms with E-state index in [1.165, 1.54) is 7.11 Å². The molecule has 5 nitrogen and oxygen atoms in total. The van der Waals surface area contributed by atoms with Crippen molar-refractivity contribution in [2.24, 2.45) is 0 Å². The second-order valence-corrected chi connectivity index (χ2v) is 4.33. The number of hydrogen-bond acceptors (Lipinski definition) is 5. The van der Waals surface area contributed by atoms with Crippen molar-refractivity contribution in [2.75, 3.05) is 14.2 Å². The van der Waals surface area contributed by atoms with E-state index in [1.807, 2.05) is 0 Å². The maximum Gasteiger partial charge on any atom is 0.135 e. The zero-order chi connectivity index (χ0) is 15.9. The van der Waals surface area contributed by atoms with E-state index in [2.05, 4.69) is 0 Å². The van der Waals surface area contributed by atoms with Crippen molar-refractivity contribution in [1.29, 1.82) is 0 Å². The number of carboxylic acid groups (broad SMARTS) is 1. The summed E-state index contributed by atoms with van der Waals surface area (Å²) in [7, 11) is 2.93. The lowest BCUT2D eigenvalue weighted by Crippen LogP contribution is -2.24. The Hall–Kier alpha value is -2.95. The zero-order valence-corrected chi connectivity index (χ0v) is 12.2. The monoisotopic (exact) mass is 299 g/mol. The fourth-order valence-corrected chi connectivity index (χ4v) is 1.91. The predicted molar refractivity (Wildman–Crippen MR) is 79.5 cm³/mol. The lowest BCUT2D eigenvalue weighted by Gasteiger charge is -2.14. The molecule has 0 aliphatic rings. The van der Waals surface area contributed by atoms with E-state index in [9.17, 15) is 9.90 Å². The number of carboxylic acids is 1. The summed E-state index contributed by atoms with van der Waals surface area (Å²) < 4.78 is 15.7. The molecule has 0 unspecified atom stereocenters. The van der Waals surface area contributed by atoms with Gasteiger partial charge in [0.2, 0.25) is 0 Å². The van der Waals surface area contributed by atoms with Crippen LogP contribution in [-0.4, -0.2) is 20.2 Å². The largest absolute Gasteiger partial charge is 0.545 e. The molecule has 0 aromatic heterocycles. The number of carbonyl (C=O) groups excluding carboxylic acids is 1. The number of para-hydroxylation sites is 1. The van der Waals surface area contributed by atoms with Gasteiger partial charge in [-0.05, 0) is 18.2 Å². The number of rotatable bonds is 6. The summed E-state index contributed by atoms with van der Waals surface area (Å²) in [6, 6.07) is 13.8. The molecular weight excluding hydrogens is 284 g/mol. The number of benzene rings is 2. The molecule has 0 saturated carbocycles. The third-order valence-corrected chi connectivity index (χ3v) is 2.90. The molecule has 0 saturated heterocycles. The van der Waals surface area contributed by atoms with Crippen molar-refractivity contribution in [1.82, 2.24) is 0 Å². The van der Waals surface area contributed by atoms with Crippen molar-refractivity contribution in [3.8, 4) is 17.2 Å². The van der Waals surface area contributed by atoms with Crippen molar-refractivity contribution in [2.45, 2.75) is 0 Å². The van der Waals surface area contributed by atoms with Crippen LogP contribution < -0.4 is 14.6 Å². The lowest BCUT2D eigenvalue weighted by atomic mass is 10.1. The summed E-state index contributed by atoms with van der Waals surface area (Å²) in [4.78, 5) is 11.3. The van der Waals surface area contributed by atoms with Crippen LogP contribution >= 0.6 is 0 Å². The Morgan fingerprint density at radius 2 is 1.77 bits per heavy atom. The minimum atomic E-state index is -1.34. The molecule has 2 aromatic rings. The molecule has 0 aliphatic heterocycles. The van der Waals surface area contributed by atoms with Crippen LogP contribution in [0.2, 0.25) is 0 Å². The normalized spacial score (nSPS) is 10.9. The second kappa shape index (κ2) is 7.17. The summed E-state index contributed by atoms with van der Waals surface area (Å²) in [5.41, 5.74) is 0.271. The Bertz CT molecular complexity index is 691. The molecule has 0 radical (unpaired) electrons. The molecule has 114 valence electrons. The van der Waals surface area contributed by atoms with E-state index in [0.29, 0.717) is 22.8 Å². The third kappa shape index (κ3) is 3.58. The van der Waals surface area contributed by atoms with E-state index >= 15 is 0 Å². The fraction of sp³-hybridized carbons (Fsp3) is 0.118. The first-order valence-corrected chi connectivity index (χ1v) is 6.51. The second-order valence-electron chi connectivity index (χ2n) is 4.33. The number of hydrogen-bond donors (Lipinski definition) is 0. The molecular formula is C17H15O5-. The zero-order valence-electron chi connectivity index (χ0n) is 12.2. The third-order valence-electron chi connectivity index (χ3n) is 2.90. The molecule has 2 aromatic carbocycles. The van der Waals surface area contributed by atoms with Crippen LogP contribution in [0.4, 0.5) is 0 Å². The summed E-state index contributed by atoms with van der Waals surface area (Å²) in [6.45, 7) is 0. The molecule has 0 N–H and O–H groups in total. The van der Waals surface area contributed by atoms with Crippen LogP contribution in [0.5, 0.6) is 17.2 Å². The van der Waals surface area contributed by atoms with E-state index in [0.717, 1.165) is 6.26 Å². The van der Waals surface area contributed by atoms with Gasteiger partial charge in [0.15, 0.2) is 0 Å². The Kier molecular flexibility index (Phi) is 5.03. The molecule has 0 amide bonds. The van der Waals surface area contributed by atoms with E-state index in [4.69, 9.17) is 14.2 Å². The number of methoxy groups -OCH3 is 2. The predicted octanol–water partition coefficient (Wildman–Crippen LogP) is 2.22. The fourth-order valence-electron chi connectivity index (χ4n) is 1.91. The first-order chi connectivity index (χ1) is 10.7. The summed E-state index contributed by atoms with van der Waals surface area (Å²) in [5, 5.41) is 11.3. The highest BCUT2D eigenvalue weighted by molar-refractivity contribution is 6.14. The lowest BCUT2D eigenvalue weighted by molar-refractivity contribution is -0.295. The summed E-state index contributed by atoms with van der Waals surface area (Å²) in [5.74, 6) is 0.205.